The van der Waals surface area contributed by atoms with Crippen molar-refractivity contribution in [2.24, 2.45) is 5.73 Å². The lowest BCUT2D eigenvalue weighted by molar-refractivity contribution is -0.121. The zero-order valence-corrected chi connectivity index (χ0v) is 7.32. The van der Waals surface area contributed by atoms with Gasteiger partial charge in [0.2, 0.25) is 5.91 Å². The Kier molecular flexibility index (Phi) is 2.34. The fourth-order valence-electron chi connectivity index (χ4n) is 1.03. The molecule has 0 unspecified atom stereocenters. The molecule has 0 bridgehead atoms. The predicted octanol–water partition coefficient (Wildman–Crippen LogP) is 0.953. The van der Waals surface area contributed by atoms with E-state index in [1.54, 1.807) is 24.3 Å². The highest BCUT2D eigenvalue weighted by Gasteiger charge is 2.32. The van der Waals surface area contributed by atoms with Gasteiger partial charge in [0.25, 0.3) is 0 Å². The Balaban J connectivity index is 3.21. The van der Waals surface area contributed by atoms with Gasteiger partial charge >= 0.3 is 0 Å². The fourth-order valence-corrected chi connectivity index (χ4v) is 1.03. The second kappa shape index (κ2) is 3.28. The molecule has 1 amide bonds. The Bertz CT molecular complexity index is 353. The van der Waals surface area contributed by atoms with Crippen LogP contribution in [0.25, 0.3) is 0 Å². The number of nitrogens with two attached hydrogens (primary N) is 1. The Morgan fingerprint density at radius 1 is 1.46 bits per heavy atom. The van der Waals surface area contributed by atoms with E-state index in [1.807, 2.05) is 12.1 Å². The van der Waals surface area contributed by atoms with Crippen LogP contribution in [-0.4, -0.2) is 5.91 Å². The summed E-state index contributed by atoms with van der Waals surface area (Å²) in [7, 11) is 0. The molecule has 0 fully saturated rings. The second-order valence-electron chi connectivity index (χ2n) is 2.97. The van der Waals surface area contributed by atoms with E-state index in [2.05, 4.69) is 0 Å². The van der Waals surface area contributed by atoms with Crippen LogP contribution < -0.4 is 5.73 Å². The summed E-state index contributed by atoms with van der Waals surface area (Å²) in [5.41, 5.74) is 4.56. The minimum atomic E-state index is -1.22. The molecule has 0 saturated heterocycles. The minimum absolute atomic E-state index is 0.624. The molecule has 0 aromatic heterocycles. The fraction of sp³-hybridized carbons (Fsp3) is 0.200. The summed E-state index contributed by atoms with van der Waals surface area (Å²) >= 11 is 0. The first-order valence-corrected chi connectivity index (χ1v) is 3.88. The van der Waals surface area contributed by atoms with Crippen LogP contribution in [0.4, 0.5) is 0 Å². The van der Waals surface area contributed by atoms with Gasteiger partial charge in [0, 0.05) is 0 Å². The molecule has 66 valence electrons. The number of amides is 1. The Hall–Kier alpha value is -1.82. The molecular formula is C10H10N2O. The van der Waals surface area contributed by atoms with Gasteiger partial charge in [-0.15, -0.1) is 0 Å². The topological polar surface area (TPSA) is 66.9 Å². The molecule has 1 rings (SSSR count). The van der Waals surface area contributed by atoms with Crippen LogP contribution in [0.2, 0.25) is 0 Å². The van der Waals surface area contributed by atoms with Crippen LogP contribution in [0.15, 0.2) is 30.3 Å². The number of benzene rings is 1. The largest absolute Gasteiger partial charge is 0.368 e. The van der Waals surface area contributed by atoms with Crippen molar-refractivity contribution in [1.82, 2.24) is 0 Å². The highest BCUT2D eigenvalue weighted by molar-refractivity contribution is 5.89. The smallest absolute Gasteiger partial charge is 0.242 e. The van der Waals surface area contributed by atoms with Crippen LogP contribution >= 0.6 is 0 Å². The molecule has 1 aromatic carbocycles. The minimum Gasteiger partial charge on any atom is -0.368 e. The summed E-state index contributed by atoms with van der Waals surface area (Å²) in [5, 5.41) is 8.86. The monoisotopic (exact) mass is 174 g/mol. The average molecular weight is 174 g/mol. The highest BCUT2D eigenvalue weighted by atomic mass is 16.1. The van der Waals surface area contributed by atoms with Crippen molar-refractivity contribution in [2.75, 3.05) is 0 Å². The van der Waals surface area contributed by atoms with E-state index in [-0.39, 0.29) is 0 Å². The van der Waals surface area contributed by atoms with Crippen molar-refractivity contribution in [2.45, 2.75) is 12.3 Å². The molecule has 2 N–H and O–H groups in total. The summed E-state index contributed by atoms with van der Waals surface area (Å²) in [6.45, 7) is 1.52. The van der Waals surface area contributed by atoms with Gasteiger partial charge in [-0.05, 0) is 12.5 Å². The Morgan fingerprint density at radius 3 is 2.38 bits per heavy atom. The number of carbonyl (C=O) groups is 1. The van der Waals surface area contributed by atoms with E-state index in [1.165, 1.54) is 6.92 Å². The molecule has 0 aliphatic rings. The van der Waals surface area contributed by atoms with E-state index >= 15 is 0 Å². The quantitative estimate of drug-likeness (QED) is 0.725. The predicted molar refractivity (Wildman–Crippen MR) is 48.6 cm³/mol. The van der Waals surface area contributed by atoms with Gasteiger partial charge in [-0.3, -0.25) is 4.79 Å². The summed E-state index contributed by atoms with van der Waals surface area (Å²) in [5.74, 6) is -0.624. The lowest BCUT2D eigenvalue weighted by Gasteiger charge is -2.17. The van der Waals surface area contributed by atoms with Gasteiger partial charge in [0.05, 0.1) is 6.07 Å². The van der Waals surface area contributed by atoms with Gasteiger partial charge in [-0.2, -0.15) is 5.26 Å². The summed E-state index contributed by atoms with van der Waals surface area (Å²) in [6.07, 6.45) is 0. The summed E-state index contributed by atoms with van der Waals surface area (Å²) in [6, 6.07) is 10.7. The number of hydrogen-bond acceptors (Lipinski definition) is 2. The molecular weight excluding hydrogens is 164 g/mol. The maximum Gasteiger partial charge on any atom is 0.242 e. The summed E-state index contributed by atoms with van der Waals surface area (Å²) < 4.78 is 0. The first-order valence-electron chi connectivity index (χ1n) is 3.88. The third-order valence-electron chi connectivity index (χ3n) is 2.07. The van der Waals surface area contributed by atoms with Gasteiger partial charge in [0.1, 0.15) is 0 Å². The molecule has 3 heteroatoms. The molecule has 0 aliphatic heterocycles. The van der Waals surface area contributed by atoms with E-state index in [9.17, 15) is 4.79 Å². The van der Waals surface area contributed by atoms with Crippen molar-refractivity contribution < 1.29 is 4.79 Å². The first-order chi connectivity index (χ1) is 6.11. The van der Waals surface area contributed by atoms with E-state index in [0.717, 1.165) is 0 Å². The van der Waals surface area contributed by atoms with Gasteiger partial charge < -0.3 is 5.73 Å². The molecule has 0 radical (unpaired) electrons. The van der Waals surface area contributed by atoms with Crippen molar-refractivity contribution in [3.63, 3.8) is 0 Å². The molecule has 0 heterocycles. The first kappa shape index (κ1) is 9.27. The number of carbonyl (C=O) groups excluding carboxylic acids is 1. The lowest BCUT2D eigenvalue weighted by Crippen LogP contribution is -2.36. The number of hydrogen-bond donors (Lipinski definition) is 1. The van der Waals surface area contributed by atoms with E-state index in [4.69, 9.17) is 11.0 Å². The molecule has 0 aliphatic carbocycles. The lowest BCUT2D eigenvalue weighted by atomic mass is 9.83. The third kappa shape index (κ3) is 1.52. The van der Waals surface area contributed by atoms with Crippen LogP contribution in [-0.2, 0) is 10.2 Å². The second-order valence-corrected chi connectivity index (χ2v) is 2.97. The van der Waals surface area contributed by atoms with Gasteiger partial charge in [0.15, 0.2) is 5.41 Å². The number of nitriles is 1. The Morgan fingerprint density at radius 2 is 2.00 bits per heavy atom. The van der Waals surface area contributed by atoms with Gasteiger partial charge in [-0.25, -0.2) is 0 Å². The summed E-state index contributed by atoms with van der Waals surface area (Å²) in [4.78, 5) is 11.1. The highest BCUT2D eigenvalue weighted by Crippen LogP contribution is 2.21. The molecule has 0 spiro atoms. The zero-order valence-electron chi connectivity index (χ0n) is 7.32. The van der Waals surface area contributed by atoms with E-state index < -0.39 is 11.3 Å². The molecule has 3 nitrogen and oxygen atoms in total. The van der Waals surface area contributed by atoms with Crippen molar-refractivity contribution >= 4 is 5.91 Å². The van der Waals surface area contributed by atoms with Crippen LogP contribution in [0.5, 0.6) is 0 Å². The molecule has 0 saturated carbocycles. The number of rotatable bonds is 2. The standard InChI is InChI=1S/C10H10N2O/c1-10(7-11,9(12)13)8-5-3-2-4-6-8/h2-6H,1H3,(H2,12,13)/t10-/m0/s1. The molecule has 1 aromatic rings. The SMILES string of the molecule is C[C@@](C#N)(C(N)=O)c1ccccc1. The van der Waals surface area contributed by atoms with Crippen LogP contribution in [0.3, 0.4) is 0 Å². The molecule has 13 heavy (non-hydrogen) atoms. The number of nitrogens with zero attached hydrogens (tertiary/aromatic N) is 1. The molecule has 1 atom stereocenters. The number of primary amides is 1. The zero-order chi connectivity index (χ0) is 9.90. The normalized spacial score (nSPS) is 14.2. The average Bonchev–Trinajstić information content (AvgIpc) is 2.17. The van der Waals surface area contributed by atoms with Crippen molar-refractivity contribution in [1.29, 1.82) is 5.26 Å². The van der Waals surface area contributed by atoms with Gasteiger partial charge in [-0.1, -0.05) is 30.3 Å². The van der Waals surface area contributed by atoms with Crippen LogP contribution in [0, 0.1) is 11.3 Å². The maximum atomic E-state index is 11.1. The van der Waals surface area contributed by atoms with Crippen LogP contribution in [0.1, 0.15) is 12.5 Å². The van der Waals surface area contributed by atoms with Crippen molar-refractivity contribution in [3.8, 4) is 6.07 Å². The van der Waals surface area contributed by atoms with E-state index in [0.29, 0.717) is 5.56 Å². The van der Waals surface area contributed by atoms with Crippen molar-refractivity contribution in [3.05, 3.63) is 35.9 Å². The Labute approximate surface area is 76.8 Å². The third-order valence-corrected chi connectivity index (χ3v) is 2.07. The maximum absolute atomic E-state index is 11.1.